The molecular weight excluding hydrogens is 422 g/mol. The number of aryl methyl sites for hydroxylation is 2. The van der Waals surface area contributed by atoms with Crippen LogP contribution < -0.4 is 10.2 Å². The number of aromatic nitrogens is 4. The van der Waals surface area contributed by atoms with Crippen molar-refractivity contribution in [3.63, 3.8) is 0 Å². The summed E-state index contributed by atoms with van der Waals surface area (Å²) in [6.07, 6.45) is 13.2. The lowest BCUT2D eigenvalue weighted by atomic mass is 9.92. The molecule has 1 N–H and O–H groups in total. The molecule has 0 radical (unpaired) electrons. The van der Waals surface area contributed by atoms with E-state index < -0.39 is 0 Å². The zero-order valence-electron chi connectivity index (χ0n) is 21.8. The van der Waals surface area contributed by atoms with E-state index in [4.69, 9.17) is 9.97 Å². The minimum absolute atomic E-state index is 0.307. The predicted molar refractivity (Wildman–Crippen MR) is 142 cm³/mol. The molecule has 0 aliphatic heterocycles. The molecule has 7 nitrogen and oxygen atoms in total. The number of aliphatic imine (C=N–C) groups is 1. The van der Waals surface area contributed by atoms with Crippen molar-refractivity contribution >= 4 is 11.5 Å². The summed E-state index contributed by atoms with van der Waals surface area (Å²) in [6.45, 7) is 14.1. The maximum absolute atomic E-state index is 4.89. The second kappa shape index (κ2) is 12.1. The fourth-order valence-corrected chi connectivity index (χ4v) is 4.61. The molecule has 184 valence electrons. The number of imidazole rings is 1. The van der Waals surface area contributed by atoms with Crippen molar-refractivity contribution < 1.29 is 0 Å². The largest absolute Gasteiger partial charge is 0.358 e. The first-order valence-electron chi connectivity index (χ1n) is 12.5. The molecule has 2 aromatic rings. The molecule has 0 unspecified atom stereocenters. The van der Waals surface area contributed by atoms with Gasteiger partial charge in [0.15, 0.2) is 5.82 Å². The Morgan fingerprint density at radius 3 is 2.74 bits per heavy atom. The van der Waals surface area contributed by atoms with Gasteiger partial charge in [-0.1, -0.05) is 25.7 Å². The highest BCUT2D eigenvalue weighted by molar-refractivity contribution is 6.06. The fourth-order valence-electron chi connectivity index (χ4n) is 4.61. The maximum atomic E-state index is 4.89. The van der Waals surface area contributed by atoms with Gasteiger partial charge in [-0.25, -0.2) is 15.0 Å². The Balaban J connectivity index is 1.65. The molecule has 1 aliphatic carbocycles. The normalized spacial score (nSPS) is 15.5. The number of rotatable bonds is 12. The predicted octanol–water partition coefficient (Wildman–Crippen LogP) is 4.40. The van der Waals surface area contributed by atoms with Crippen molar-refractivity contribution in [1.82, 2.24) is 24.8 Å². The van der Waals surface area contributed by atoms with E-state index >= 15 is 0 Å². The highest BCUT2D eigenvalue weighted by Crippen LogP contribution is 2.33. The first-order chi connectivity index (χ1) is 16.4. The number of hydrogen-bond acceptors (Lipinski definition) is 6. The average molecular weight is 464 g/mol. The molecule has 3 rings (SSSR count). The lowest BCUT2D eigenvalue weighted by Gasteiger charge is -2.30. The number of anilines is 1. The van der Waals surface area contributed by atoms with Crippen LogP contribution >= 0.6 is 0 Å². The third-order valence-electron chi connectivity index (χ3n) is 6.67. The van der Waals surface area contributed by atoms with Crippen LogP contribution in [0.1, 0.15) is 67.8 Å². The molecule has 0 saturated heterocycles. The van der Waals surface area contributed by atoms with Gasteiger partial charge >= 0.3 is 0 Å². The lowest BCUT2D eigenvalue weighted by Crippen LogP contribution is -2.39. The molecule has 34 heavy (non-hydrogen) atoms. The van der Waals surface area contributed by atoms with Gasteiger partial charge in [-0.3, -0.25) is 4.99 Å². The molecule has 2 heterocycles. The topological polar surface area (TPSA) is 71.2 Å². The van der Waals surface area contributed by atoms with Gasteiger partial charge in [0.1, 0.15) is 17.4 Å². The third kappa shape index (κ3) is 6.00. The van der Waals surface area contributed by atoms with Crippen molar-refractivity contribution in [2.24, 2.45) is 4.99 Å². The smallest absolute Gasteiger partial charge is 0.179 e. The summed E-state index contributed by atoms with van der Waals surface area (Å²) >= 11 is 0. The molecule has 2 aromatic heterocycles. The number of allylic oxidation sites excluding steroid dienone is 3. The van der Waals surface area contributed by atoms with Crippen LogP contribution in [0.4, 0.5) is 5.82 Å². The third-order valence-corrected chi connectivity index (χ3v) is 6.67. The van der Waals surface area contributed by atoms with Gasteiger partial charge in [-0.15, -0.1) is 0 Å². The number of nitrogens with one attached hydrogen (secondary N) is 1. The minimum atomic E-state index is 0.307. The van der Waals surface area contributed by atoms with Gasteiger partial charge < -0.3 is 14.8 Å². The van der Waals surface area contributed by atoms with E-state index in [1.165, 1.54) is 30.8 Å². The molecule has 0 bridgehead atoms. The second-order valence-electron chi connectivity index (χ2n) is 9.26. The van der Waals surface area contributed by atoms with E-state index in [9.17, 15) is 0 Å². The highest BCUT2D eigenvalue weighted by Gasteiger charge is 2.23. The van der Waals surface area contributed by atoms with E-state index in [2.05, 4.69) is 66.1 Å². The molecule has 7 heteroatoms. The average Bonchev–Trinajstić information content (AvgIpc) is 3.13. The molecule has 0 aromatic carbocycles. The van der Waals surface area contributed by atoms with Crippen LogP contribution in [0.2, 0.25) is 0 Å². The van der Waals surface area contributed by atoms with Crippen molar-refractivity contribution in [1.29, 1.82) is 0 Å². The summed E-state index contributed by atoms with van der Waals surface area (Å²) in [7, 11) is 3.87. The Hall–Kier alpha value is -2.80. The highest BCUT2D eigenvalue weighted by atomic mass is 15.2. The van der Waals surface area contributed by atoms with Crippen LogP contribution in [0, 0.1) is 13.8 Å². The summed E-state index contributed by atoms with van der Waals surface area (Å²) in [5.74, 6) is 2.82. The van der Waals surface area contributed by atoms with Gasteiger partial charge in [-0.2, -0.15) is 0 Å². The van der Waals surface area contributed by atoms with Crippen LogP contribution in [0.25, 0.3) is 0 Å². The maximum Gasteiger partial charge on any atom is 0.179 e. The SMILES string of the molecule is C=C/C=C\C(=NC)c1nc(CC)c(C)c(N(C)C[C@H](C)NCCc2ncc(C)n2C2CCC2)n1. The molecule has 1 fully saturated rings. The first kappa shape index (κ1) is 25.8. The Morgan fingerprint density at radius 1 is 1.35 bits per heavy atom. The Kier molecular flexibility index (Phi) is 9.16. The quantitative estimate of drug-likeness (QED) is 0.373. The second-order valence-corrected chi connectivity index (χ2v) is 9.26. The molecule has 0 spiro atoms. The van der Waals surface area contributed by atoms with Crippen molar-refractivity contribution in [3.8, 4) is 0 Å². The van der Waals surface area contributed by atoms with Gasteiger partial charge in [0.2, 0.25) is 0 Å². The van der Waals surface area contributed by atoms with Crippen LogP contribution in [-0.4, -0.2) is 58.5 Å². The van der Waals surface area contributed by atoms with Gasteiger partial charge in [-0.05, 0) is 52.5 Å². The Bertz CT molecular complexity index is 1030. The summed E-state index contributed by atoms with van der Waals surface area (Å²) in [6, 6.07) is 0.961. The number of hydrogen-bond donors (Lipinski definition) is 1. The summed E-state index contributed by atoms with van der Waals surface area (Å²) in [5, 5.41) is 3.68. The van der Waals surface area contributed by atoms with Crippen molar-refractivity contribution in [3.05, 3.63) is 59.6 Å². The first-order valence-corrected chi connectivity index (χ1v) is 12.5. The van der Waals surface area contributed by atoms with E-state index in [1.807, 2.05) is 18.3 Å². The van der Waals surface area contributed by atoms with Crippen LogP contribution in [0.15, 0.2) is 36.0 Å². The standard InChI is InChI=1S/C27H41N7/c1-8-10-14-24(28-6)26-31-23(9-2)21(5)27(32-26)33(7)18-19(3)29-16-15-25-30-17-20(4)34(25)22-12-11-13-22/h8,10,14,17,19,22,29H,1,9,11-13,15-16,18H2,2-7H3/b14-10-,28-24?/t19-/m0/s1. The van der Waals surface area contributed by atoms with Gasteiger partial charge in [0.25, 0.3) is 0 Å². The van der Waals surface area contributed by atoms with Crippen molar-refractivity contribution in [2.75, 3.05) is 32.1 Å². The molecule has 1 saturated carbocycles. The molecule has 1 atom stereocenters. The minimum Gasteiger partial charge on any atom is -0.358 e. The van der Waals surface area contributed by atoms with E-state index in [1.54, 1.807) is 13.1 Å². The summed E-state index contributed by atoms with van der Waals surface area (Å²) < 4.78 is 2.45. The van der Waals surface area contributed by atoms with Gasteiger partial charge in [0.05, 0.1) is 0 Å². The fraction of sp³-hybridized carbons (Fsp3) is 0.556. The Labute approximate surface area is 205 Å². The molecular formula is C27H41N7. The zero-order valence-corrected chi connectivity index (χ0v) is 21.8. The van der Waals surface area contributed by atoms with E-state index in [-0.39, 0.29) is 0 Å². The van der Waals surface area contributed by atoms with Crippen molar-refractivity contribution in [2.45, 2.75) is 71.9 Å². The molecule has 1 aliphatic rings. The van der Waals surface area contributed by atoms with Crippen LogP contribution in [0.5, 0.6) is 0 Å². The van der Waals surface area contributed by atoms with Crippen LogP contribution in [0.3, 0.4) is 0 Å². The lowest BCUT2D eigenvalue weighted by molar-refractivity contribution is 0.301. The summed E-state index contributed by atoms with van der Waals surface area (Å²) in [5.41, 5.74) is 4.22. The zero-order chi connectivity index (χ0) is 24.7. The number of nitrogens with zero attached hydrogens (tertiary/aromatic N) is 6. The number of likely N-dealkylation sites (N-methyl/N-ethyl adjacent to an activating group) is 1. The van der Waals surface area contributed by atoms with Crippen LogP contribution in [-0.2, 0) is 12.8 Å². The molecule has 0 amide bonds. The van der Waals surface area contributed by atoms with E-state index in [0.29, 0.717) is 17.9 Å². The monoisotopic (exact) mass is 463 g/mol. The summed E-state index contributed by atoms with van der Waals surface area (Å²) in [4.78, 5) is 21.0. The van der Waals surface area contributed by atoms with E-state index in [0.717, 1.165) is 48.7 Å². The van der Waals surface area contributed by atoms with Gasteiger partial charge in [0, 0.05) is 68.8 Å². The Morgan fingerprint density at radius 2 is 2.12 bits per heavy atom.